The molecule has 1 aromatic rings. The highest BCUT2D eigenvalue weighted by molar-refractivity contribution is 6.34. The minimum Gasteiger partial charge on any atom is -0.478 e. The molecule has 104 valence electrons. The molecule has 0 aliphatic carbocycles. The largest absolute Gasteiger partial charge is 0.478 e. The molecule has 0 saturated carbocycles. The zero-order valence-corrected chi connectivity index (χ0v) is 10.8. The Morgan fingerprint density at radius 3 is 2.68 bits per heavy atom. The summed E-state index contributed by atoms with van der Waals surface area (Å²) >= 11 is 5.86. The number of nitrogens with one attached hydrogen (secondary N) is 1. The van der Waals surface area contributed by atoms with Crippen LogP contribution in [0.3, 0.4) is 0 Å². The fourth-order valence-corrected chi connectivity index (χ4v) is 1.67. The third-order valence-corrected chi connectivity index (χ3v) is 2.75. The third-order valence-electron chi connectivity index (χ3n) is 2.46. The van der Waals surface area contributed by atoms with Crippen molar-refractivity contribution in [1.82, 2.24) is 0 Å². The van der Waals surface area contributed by atoms with E-state index in [2.05, 4.69) is 5.32 Å². The molecular weight excluding hydrogens is 276 g/mol. The fraction of sp³-hybridized carbons (Fsp3) is 0.364. The van der Waals surface area contributed by atoms with Crippen molar-refractivity contribution in [2.45, 2.75) is 6.92 Å². The molecule has 1 aromatic carbocycles. The quantitative estimate of drug-likeness (QED) is 0.545. The van der Waals surface area contributed by atoms with Crippen LogP contribution in [0.5, 0.6) is 0 Å². The number of nitro groups is 1. The minimum atomic E-state index is -1.32. The van der Waals surface area contributed by atoms with E-state index in [9.17, 15) is 14.9 Å². The number of hydrogen-bond donors (Lipinski definition) is 3. The van der Waals surface area contributed by atoms with Gasteiger partial charge >= 0.3 is 5.97 Å². The zero-order valence-electron chi connectivity index (χ0n) is 10.1. The second-order valence-corrected chi connectivity index (χ2v) is 4.49. The van der Waals surface area contributed by atoms with Gasteiger partial charge in [0, 0.05) is 25.3 Å². The van der Waals surface area contributed by atoms with E-state index < -0.39 is 10.9 Å². The van der Waals surface area contributed by atoms with Crippen molar-refractivity contribution in [2.24, 2.45) is 5.92 Å². The zero-order chi connectivity index (χ0) is 14.6. The Labute approximate surface area is 114 Å². The number of nitrogens with zero attached hydrogens (tertiary/aromatic N) is 1. The lowest BCUT2D eigenvalue weighted by Gasteiger charge is -2.14. The maximum absolute atomic E-state index is 11.1. The van der Waals surface area contributed by atoms with Gasteiger partial charge in [0.2, 0.25) is 0 Å². The Hall–Kier alpha value is -1.86. The summed E-state index contributed by atoms with van der Waals surface area (Å²) in [4.78, 5) is 21.0. The monoisotopic (exact) mass is 288 g/mol. The van der Waals surface area contributed by atoms with Crippen LogP contribution in [0.2, 0.25) is 5.02 Å². The molecule has 0 aliphatic heterocycles. The maximum Gasteiger partial charge on any atom is 0.338 e. The highest BCUT2D eigenvalue weighted by Gasteiger charge is 2.20. The smallest absolute Gasteiger partial charge is 0.338 e. The van der Waals surface area contributed by atoms with Gasteiger partial charge in [-0.25, -0.2) is 4.79 Å². The van der Waals surface area contributed by atoms with Crippen molar-refractivity contribution in [2.75, 3.05) is 18.5 Å². The summed E-state index contributed by atoms with van der Waals surface area (Å²) < 4.78 is 0. The highest BCUT2D eigenvalue weighted by Crippen LogP contribution is 2.31. The molecule has 0 amide bonds. The number of benzene rings is 1. The van der Waals surface area contributed by atoms with Crippen LogP contribution in [-0.2, 0) is 0 Å². The molecule has 0 radical (unpaired) electrons. The lowest BCUT2D eigenvalue weighted by atomic mass is 10.1. The SMILES string of the molecule is CC(CO)CNc1c(Cl)cc([N+](=O)[O-])cc1C(=O)O. The number of anilines is 1. The van der Waals surface area contributed by atoms with Gasteiger partial charge in [-0.3, -0.25) is 10.1 Å². The highest BCUT2D eigenvalue weighted by atomic mass is 35.5. The van der Waals surface area contributed by atoms with E-state index in [1.165, 1.54) is 0 Å². The summed E-state index contributed by atoms with van der Waals surface area (Å²) in [6.45, 7) is 1.99. The Bertz CT molecular complexity index is 506. The van der Waals surface area contributed by atoms with Crippen LogP contribution >= 0.6 is 11.6 Å². The second-order valence-electron chi connectivity index (χ2n) is 4.08. The normalized spacial score (nSPS) is 11.9. The molecule has 0 fully saturated rings. The number of rotatable bonds is 6. The molecule has 7 nitrogen and oxygen atoms in total. The lowest BCUT2D eigenvalue weighted by molar-refractivity contribution is -0.384. The first-order chi connectivity index (χ1) is 8.86. The number of hydrogen-bond acceptors (Lipinski definition) is 5. The van der Waals surface area contributed by atoms with E-state index in [4.69, 9.17) is 21.8 Å². The standard InChI is InChI=1S/C11H13ClN2O5/c1-6(5-15)4-13-10-8(11(16)17)2-7(14(18)19)3-9(10)12/h2-3,6,13,15H,4-5H2,1H3,(H,16,17). The molecule has 3 N–H and O–H groups in total. The van der Waals surface area contributed by atoms with Crippen molar-refractivity contribution in [1.29, 1.82) is 0 Å². The third kappa shape index (κ3) is 3.80. The van der Waals surface area contributed by atoms with E-state index in [0.717, 1.165) is 12.1 Å². The predicted molar refractivity (Wildman–Crippen MR) is 69.8 cm³/mol. The summed E-state index contributed by atoms with van der Waals surface area (Å²) in [6, 6.07) is 2.03. The van der Waals surface area contributed by atoms with Gasteiger partial charge in [-0.05, 0) is 5.92 Å². The van der Waals surface area contributed by atoms with Gasteiger partial charge in [0.05, 0.1) is 21.2 Å². The van der Waals surface area contributed by atoms with Gasteiger partial charge in [-0.15, -0.1) is 0 Å². The Balaban J connectivity index is 3.15. The van der Waals surface area contributed by atoms with Crippen LogP contribution in [-0.4, -0.2) is 34.3 Å². The van der Waals surface area contributed by atoms with Crippen molar-refractivity contribution < 1.29 is 19.9 Å². The van der Waals surface area contributed by atoms with E-state index in [1.807, 2.05) is 0 Å². The Morgan fingerprint density at radius 1 is 1.58 bits per heavy atom. The van der Waals surface area contributed by atoms with Gasteiger partial charge in [-0.2, -0.15) is 0 Å². The summed E-state index contributed by atoms with van der Waals surface area (Å²) in [6.07, 6.45) is 0. The molecule has 1 atom stereocenters. The van der Waals surface area contributed by atoms with Crippen molar-refractivity contribution in [3.05, 3.63) is 32.8 Å². The number of carbonyl (C=O) groups is 1. The van der Waals surface area contributed by atoms with Crippen LogP contribution in [0.4, 0.5) is 11.4 Å². The molecule has 0 aliphatic rings. The first-order valence-electron chi connectivity index (χ1n) is 5.42. The van der Waals surface area contributed by atoms with E-state index >= 15 is 0 Å². The summed E-state index contributed by atoms with van der Waals surface area (Å²) in [5, 5.41) is 31.3. The summed E-state index contributed by atoms with van der Waals surface area (Å²) in [5.41, 5.74) is -0.549. The number of aromatic carboxylic acids is 1. The van der Waals surface area contributed by atoms with E-state index in [0.29, 0.717) is 6.54 Å². The first kappa shape index (κ1) is 15.2. The second kappa shape index (κ2) is 6.35. The predicted octanol–water partition coefficient (Wildman–Crippen LogP) is 1.99. The number of carboxylic acids is 1. The van der Waals surface area contributed by atoms with E-state index in [1.54, 1.807) is 6.92 Å². The number of aliphatic hydroxyl groups excluding tert-OH is 1. The first-order valence-corrected chi connectivity index (χ1v) is 5.80. The van der Waals surface area contributed by atoms with Crippen molar-refractivity contribution in [3.63, 3.8) is 0 Å². The van der Waals surface area contributed by atoms with E-state index in [-0.39, 0.29) is 34.5 Å². The van der Waals surface area contributed by atoms with Gasteiger partial charge < -0.3 is 15.5 Å². The molecule has 1 rings (SSSR count). The van der Waals surface area contributed by atoms with Gasteiger partial charge in [0.1, 0.15) is 0 Å². The molecule has 0 saturated heterocycles. The molecule has 8 heteroatoms. The summed E-state index contributed by atoms with van der Waals surface area (Å²) in [7, 11) is 0. The Morgan fingerprint density at radius 2 is 2.21 bits per heavy atom. The minimum absolute atomic E-state index is 0.0447. The number of nitro benzene ring substituents is 1. The topological polar surface area (TPSA) is 113 Å². The molecule has 0 bridgehead atoms. The van der Waals surface area contributed by atoms with Gasteiger partial charge in [-0.1, -0.05) is 18.5 Å². The fourth-order valence-electron chi connectivity index (χ4n) is 1.39. The van der Waals surface area contributed by atoms with Crippen molar-refractivity contribution in [3.8, 4) is 0 Å². The average molecular weight is 289 g/mol. The van der Waals surface area contributed by atoms with Crippen LogP contribution in [0.15, 0.2) is 12.1 Å². The number of aliphatic hydroxyl groups is 1. The Kier molecular flexibility index (Phi) is 5.08. The molecule has 0 spiro atoms. The maximum atomic E-state index is 11.1. The molecule has 0 heterocycles. The van der Waals surface area contributed by atoms with Gasteiger partial charge in [0.15, 0.2) is 0 Å². The lowest BCUT2D eigenvalue weighted by Crippen LogP contribution is -2.16. The molecule has 19 heavy (non-hydrogen) atoms. The molecule has 0 aromatic heterocycles. The van der Waals surface area contributed by atoms with Crippen LogP contribution in [0.1, 0.15) is 17.3 Å². The van der Waals surface area contributed by atoms with Crippen LogP contribution < -0.4 is 5.32 Å². The number of non-ortho nitro benzene ring substituents is 1. The summed E-state index contributed by atoms with van der Waals surface area (Å²) in [5.74, 6) is -1.42. The van der Waals surface area contributed by atoms with Gasteiger partial charge in [0.25, 0.3) is 5.69 Å². The molecule has 1 unspecified atom stereocenters. The average Bonchev–Trinajstić information content (AvgIpc) is 2.35. The van der Waals surface area contributed by atoms with Crippen LogP contribution in [0.25, 0.3) is 0 Å². The van der Waals surface area contributed by atoms with Crippen molar-refractivity contribution >= 4 is 28.9 Å². The molecular formula is C11H13ClN2O5. The number of carboxylic acid groups (broad SMARTS) is 1. The van der Waals surface area contributed by atoms with Crippen LogP contribution in [0, 0.1) is 16.0 Å². The number of halogens is 1.